The lowest BCUT2D eigenvalue weighted by Crippen LogP contribution is -2.57. The molecule has 118 valence electrons. The van der Waals surface area contributed by atoms with Gasteiger partial charge in [-0.3, -0.25) is 4.90 Å². The van der Waals surface area contributed by atoms with Crippen LogP contribution in [0.15, 0.2) is 0 Å². The van der Waals surface area contributed by atoms with Crippen molar-refractivity contribution in [2.45, 2.75) is 70.7 Å². The van der Waals surface area contributed by atoms with E-state index in [1.54, 1.807) is 0 Å². The maximum atomic E-state index is 6.41. The predicted molar refractivity (Wildman–Crippen MR) is 81.6 cm³/mol. The van der Waals surface area contributed by atoms with Gasteiger partial charge in [-0.1, -0.05) is 33.6 Å². The molecule has 1 heterocycles. The number of nitrogens with zero attached hydrogens (tertiary/aromatic N) is 1. The molecule has 2 rings (SSSR count). The third kappa shape index (κ3) is 3.53. The highest BCUT2D eigenvalue weighted by atomic mass is 16.7. The number of hydrogen-bond donors (Lipinski definition) is 1. The molecule has 1 spiro atoms. The molecule has 2 unspecified atom stereocenters. The smallest absolute Gasteiger partial charge is 0.170 e. The fourth-order valence-electron chi connectivity index (χ4n) is 3.69. The third-order valence-electron chi connectivity index (χ3n) is 5.21. The molecule has 1 saturated heterocycles. The topological polar surface area (TPSA) is 47.7 Å². The van der Waals surface area contributed by atoms with Crippen molar-refractivity contribution >= 4 is 0 Å². The van der Waals surface area contributed by atoms with Gasteiger partial charge in [-0.2, -0.15) is 0 Å². The Morgan fingerprint density at radius 1 is 1.20 bits per heavy atom. The van der Waals surface area contributed by atoms with Crippen molar-refractivity contribution in [3.05, 3.63) is 0 Å². The highest BCUT2D eigenvalue weighted by molar-refractivity contribution is 4.95. The van der Waals surface area contributed by atoms with Gasteiger partial charge < -0.3 is 15.2 Å². The van der Waals surface area contributed by atoms with Crippen molar-refractivity contribution in [1.82, 2.24) is 4.90 Å². The van der Waals surface area contributed by atoms with E-state index < -0.39 is 0 Å². The Morgan fingerprint density at radius 2 is 1.85 bits per heavy atom. The van der Waals surface area contributed by atoms with E-state index in [-0.39, 0.29) is 11.8 Å². The number of hydrogen-bond acceptors (Lipinski definition) is 4. The van der Waals surface area contributed by atoms with E-state index in [9.17, 15) is 0 Å². The normalized spacial score (nSPS) is 29.7. The maximum absolute atomic E-state index is 6.41. The van der Waals surface area contributed by atoms with Gasteiger partial charge in [0.2, 0.25) is 0 Å². The molecule has 4 nitrogen and oxygen atoms in total. The summed E-state index contributed by atoms with van der Waals surface area (Å²) in [5.41, 5.74) is 6.41. The van der Waals surface area contributed by atoms with Crippen LogP contribution in [0, 0.1) is 5.92 Å². The lowest BCUT2D eigenvalue weighted by atomic mass is 9.84. The van der Waals surface area contributed by atoms with Crippen LogP contribution in [0.4, 0.5) is 0 Å². The minimum atomic E-state index is -0.331. The van der Waals surface area contributed by atoms with Crippen molar-refractivity contribution in [2.75, 3.05) is 26.3 Å². The van der Waals surface area contributed by atoms with Crippen LogP contribution >= 0.6 is 0 Å². The van der Waals surface area contributed by atoms with Crippen molar-refractivity contribution < 1.29 is 9.47 Å². The Hall–Kier alpha value is -0.160. The van der Waals surface area contributed by atoms with Crippen molar-refractivity contribution in [3.8, 4) is 0 Å². The van der Waals surface area contributed by atoms with Crippen LogP contribution in [0.1, 0.15) is 52.9 Å². The van der Waals surface area contributed by atoms with Crippen LogP contribution in [-0.2, 0) is 9.47 Å². The van der Waals surface area contributed by atoms with Gasteiger partial charge in [-0.05, 0) is 18.9 Å². The SMILES string of the molecule is CCC(CC)CN(CC)C1CC2(CCC1N)OCCO2. The molecule has 4 heteroatoms. The summed E-state index contributed by atoms with van der Waals surface area (Å²) in [6.07, 6.45) is 5.37. The molecule has 1 aliphatic carbocycles. The Morgan fingerprint density at radius 3 is 2.40 bits per heavy atom. The lowest BCUT2D eigenvalue weighted by molar-refractivity contribution is -0.192. The fraction of sp³-hybridized carbons (Fsp3) is 1.00. The summed E-state index contributed by atoms with van der Waals surface area (Å²) in [5.74, 6) is 0.437. The number of ether oxygens (including phenoxy) is 2. The largest absolute Gasteiger partial charge is 0.347 e. The average Bonchev–Trinajstić information content (AvgIpc) is 2.92. The van der Waals surface area contributed by atoms with Gasteiger partial charge in [0, 0.05) is 31.5 Å². The summed E-state index contributed by atoms with van der Waals surface area (Å²) in [5, 5.41) is 0. The monoisotopic (exact) mass is 284 g/mol. The summed E-state index contributed by atoms with van der Waals surface area (Å²) in [6, 6.07) is 0.648. The second-order valence-electron chi connectivity index (χ2n) is 6.35. The zero-order chi connectivity index (χ0) is 14.6. The van der Waals surface area contributed by atoms with E-state index in [1.807, 2.05) is 0 Å². The third-order valence-corrected chi connectivity index (χ3v) is 5.21. The molecule has 2 aliphatic rings. The minimum Gasteiger partial charge on any atom is -0.347 e. The summed E-state index contributed by atoms with van der Waals surface area (Å²) in [4.78, 5) is 2.56. The molecule has 0 amide bonds. The quantitative estimate of drug-likeness (QED) is 0.813. The Balaban J connectivity index is 2.02. The zero-order valence-electron chi connectivity index (χ0n) is 13.4. The fourth-order valence-corrected chi connectivity index (χ4v) is 3.69. The molecule has 1 aliphatic heterocycles. The minimum absolute atomic E-state index is 0.253. The lowest BCUT2D eigenvalue weighted by Gasteiger charge is -2.45. The molecule has 0 aromatic carbocycles. The first-order valence-electron chi connectivity index (χ1n) is 8.41. The summed E-state index contributed by atoms with van der Waals surface area (Å²) in [7, 11) is 0. The molecular formula is C16H32N2O2. The first-order chi connectivity index (χ1) is 9.64. The van der Waals surface area contributed by atoms with E-state index in [4.69, 9.17) is 15.2 Å². The molecule has 20 heavy (non-hydrogen) atoms. The number of nitrogens with two attached hydrogens (primary N) is 1. The van der Waals surface area contributed by atoms with Gasteiger partial charge in [-0.25, -0.2) is 0 Å². The molecule has 2 fully saturated rings. The van der Waals surface area contributed by atoms with Crippen molar-refractivity contribution in [2.24, 2.45) is 11.7 Å². The van der Waals surface area contributed by atoms with Gasteiger partial charge in [-0.15, -0.1) is 0 Å². The van der Waals surface area contributed by atoms with Gasteiger partial charge >= 0.3 is 0 Å². The molecule has 2 atom stereocenters. The molecule has 0 aromatic heterocycles. The van der Waals surface area contributed by atoms with Gasteiger partial charge in [0.1, 0.15) is 0 Å². The van der Waals surface area contributed by atoms with E-state index in [2.05, 4.69) is 25.7 Å². The molecule has 0 aromatic rings. The van der Waals surface area contributed by atoms with Crippen LogP contribution in [0.5, 0.6) is 0 Å². The first-order valence-corrected chi connectivity index (χ1v) is 8.41. The average molecular weight is 284 g/mol. The van der Waals surface area contributed by atoms with E-state index in [0.29, 0.717) is 6.04 Å². The van der Waals surface area contributed by atoms with Crippen LogP contribution in [0.2, 0.25) is 0 Å². The molecule has 0 radical (unpaired) electrons. The van der Waals surface area contributed by atoms with E-state index >= 15 is 0 Å². The van der Waals surface area contributed by atoms with E-state index in [0.717, 1.165) is 51.5 Å². The predicted octanol–water partition coefficient (Wildman–Crippen LogP) is 2.37. The second-order valence-corrected chi connectivity index (χ2v) is 6.35. The van der Waals surface area contributed by atoms with Crippen LogP contribution in [0.25, 0.3) is 0 Å². The Bertz CT molecular complexity index is 288. The first kappa shape index (κ1) is 16.2. The van der Waals surface area contributed by atoms with Gasteiger partial charge in [0.05, 0.1) is 13.2 Å². The van der Waals surface area contributed by atoms with Crippen LogP contribution < -0.4 is 5.73 Å². The highest BCUT2D eigenvalue weighted by Crippen LogP contribution is 2.37. The van der Waals surface area contributed by atoms with Crippen LogP contribution in [0.3, 0.4) is 0 Å². The Kier molecular flexibility index (Phi) is 5.84. The maximum Gasteiger partial charge on any atom is 0.170 e. The highest BCUT2D eigenvalue weighted by Gasteiger charge is 2.45. The summed E-state index contributed by atoms with van der Waals surface area (Å²) < 4.78 is 11.8. The molecule has 0 bridgehead atoms. The molecule has 1 saturated carbocycles. The second kappa shape index (κ2) is 7.21. The number of likely N-dealkylation sites (N-methyl/N-ethyl adjacent to an activating group) is 1. The van der Waals surface area contributed by atoms with Gasteiger partial charge in [0.15, 0.2) is 5.79 Å². The molecular weight excluding hydrogens is 252 g/mol. The van der Waals surface area contributed by atoms with Crippen molar-refractivity contribution in [3.63, 3.8) is 0 Å². The van der Waals surface area contributed by atoms with Gasteiger partial charge in [0.25, 0.3) is 0 Å². The van der Waals surface area contributed by atoms with E-state index in [1.165, 1.54) is 12.8 Å². The summed E-state index contributed by atoms with van der Waals surface area (Å²) >= 11 is 0. The Labute approximate surface area is 124 Å². The van der Waals surface area contributed by atoms with Crippen LogP contribution in [-0.4, -0.2) is 49.1 Å². The molecule has 2 N–H and O–H groups in total. The standard InChI is InChI=1S/C16H32N2O2/c1-4-13(5-2)12-18(6-3)15-11-16(8-7-14(15)17)19-9-10-20-16/h13-15H,4-12,17H2,1-3H3. The zero-order valence-corrected chi connectivity index (χ0v) is 13.4. The summed E-state index contributed by atoms with van der Waals surface area (Å²) in [6.45, 7) is 10.5. The van der Waals surface area contributed by atoms with Crippen molar-refractivity contribution in [1.29, 1.82) is 0 Å². The number of rotatable bonds is 6.